The molecule has 0 aromatic carbocycles. The summed E-state index contributed by atoms with van der Waals surface area (Å²) >= 11 is 1.66. The van der Waals surface area contributed by atoms with Gasteiger partial charge in [0.2, 0.25) is 11.9 Å². The fraction of sp³-hybridized carbons (Fsp3) is 0.182. The molecular formula is C11H13N9S. The van der Waals surface area contributed by atoms with Gasteiger partial charge in [-0.1, -0.05) is 0 Å². The Kier molecular flexibility index (Phi) is 3.71. The maximum atomic E-state index is 5.38. The molecule has 3 heterocycles. The number of rotatable bonds is 5. The van der Waals surface area contributed by atoms with Crippen LogP contribution in [-0.2, 0) is 6.54 Å². The second-order valence-corrected chi connectivity index (χ2v) is 4.94. The summed E-state index contributed by atoms with van der Waals surface area (Å²) in [6.45, 7) is 2.69. The molecule has 0 saturated heterocycles. The molecule has 0 aliphatic heterocycles. The third-order valence-corrected chi connectivity index (χ3v) is 3.69. The van der Waals surface area contributed by atoms with Crippen LogP contribution in [0, 0.1) is 6.92 Å². The molecule has 0 fully saturated rings. The third-order valence-electron chi connectivity index (χ3n) is 2.77. The second-order valence-electron chi connectivity index (χ2n) is 4.20. The lowest BCUT2D eigenvalue weighted by Crippen LogP contribution is -2.16. The Balaban J connectivity index is 1.84. The van der Waals surface area contributed by atoms with E-state index in [-0.39, 0.29) is 5.95 Å². The number of aromatic nitrogens is 6. The molecule has 9 nitrogen and oxygen atoms in total. The maximum Gasteiger partial charge on any atom is 0.258 e. The van der Waals surface area contributed by atoms with Crippen LogP contribution >= 0.6 is 11.3 Å². The van der Waals surface area contributed by atoms with Crippen molar-refractivity contribution in [1.29, 1.82) is 0 Å². The van der Waals surface area contributed by atoms with Crippen LogP contribution in [0.2, 0.25) is 0 Å². The Labute approximate surface area is 124 Å². The molecule has 0 atom stereocenters. The predicted molar refractivity (Wildman–Crippen MR) is 78.9 cm³/mol. The van der Waals surface area contributed by atoms with Gasteiger partial charge in [-0.2, -0.15) is 36.1 Å². The number of nitrogens with two attached hydrogens (primary N) is 1. The summed E-state index contributed by atoms with van der Waals surface area (Å²) in [6.07, 6.45) is 2.91. The van der Waals surface area contributed by atoms with E-state index in [1.54, 1.807) is 11.3 Å². The number of aryl methyl sites for hydroxylation is 1. The number of nitrogen functional groups attached to an aromatic ring is 1. The molecule has 0 saturated carbocycles. The summed E-state index contributed by atoms with van der Waals surface area (Å²) in [5, 5.41) is 11.3. The van der Waals surface area contributed by atoms with Gasteiger partial charge in [0.25, 0.3) is 5.95 Å². The minimum absolute atomic E-state index is 0.250. The molecule has 3 aromatic heterocycles. The van der Waals surface area contributed by atoms with Gasteiger partial charge in [0.05, 0.1) is 0 Å². The lowest BCUT2D eigenvalue weighted by molar-refractivity contribution is 0.794. The van der Waals surface area contributed by atoms with Gasteiger partial charge in [-0.25, -0.2) is 10.8 Å². The molecule has 3 rings (SSSR count). The first kappa shape index (κ1) is 13.4. The largest absolute Gasteiger partial charge is 0.350 e. The van der Waals surface area contributed by atoms with E-state index in [1.165, 1.54) is 28.5 Å². The molecule has 0 aliphatic carbocycles. The number of nitrogens with one attached hydrogen (secondary N) is 2. The fourth-order valence-electron chi connectivity index (χ4n) is 1.66. The zero-order valence-electron chi connectivity index (χ0n) is 11.2. The highest BCUT2D eigenvalue weighted by Gasteiger charge is 2.08. The molecule has 0 aliphatic rings. The van der Waals surface area contributed by atoms with Crippen LogP contribution in [0.3, 0.4) is 0 Å². The third kappa shape index (κ3) is 2.95. The monoisotopic (exact) mass is 303 g/mol. The molecule has 0 amide bonds. The average molecular weight is 303 g/mol. The van der Waals surface area contributed by atoms with E-state index in [9.17, 15) is 0 Å². The van der Waals surface area contributed by atoms with Crippen LogP contribution in [-0.4, -0.2) is 29.7 Å². The van der Waals surface area contributed by atoms with E-state index in [4.69, 9.17) is 5.84 Å². The second kappa shape index (κ2) is 5.81. The topological polar surface area (TPSA) is 119 Å². The first-order valence-corrected chi connectivity index (χ1v) is 7.04. The van der Waals surface area contributed by atoms with E-state index in [0.29, 0.717) is 18.4 Å². The Morgan fingerprint density at radius 1 is 1.24 bits per heavy atom. The van der Waals surface area contributed by atoms with Crippen LogP contribution in [0.4, 0.5) is 11.9 Å². The van der Waals surface area contributed by atoms with Gasteiger partial charge in [0, 0.05) is 6.54 Å². The van der Waals surface area contributed by atoms with E-state index < -0.39 is 0 Å². The van der Waals surface area contributed by atoms with E-state index in [1.807, 2.05) is 0 Å². The molecule has 108 valence electrons. The zero-order valence-corrected chi connectivity index (χ0v) is 12.0. The summed E-state index contributed by atoms with van der Waals surface area (Å²) in [5.74, 6) is 6.38. The fourth-order valence-corrected chi connectivity index (χ4v) is 2.52. The Morgan fingerprint density at radius 2 is 2.10 bits per heavy atom. The molecule has 0 bridgehead atoms. The van der Waals surface area contributed by atoms with Crippen molar-refractivity contribution in [3.8, 4) is 5.95 Å². The average Bonchev–Trinajstić information content (AvgIpc) is 3.16. The van der Waals surface area contributed by atoms with Crippen LogP contribution in [0.5, 0.6) is 0 Å². The number of hydrogen-bond donors (Lipinski definition) is 3. The highest BCUT2D eigenvalue weighted by Crippen LogP contribution is 2.15. The first-order chi connectivity index (χ1) is 10.3. The molecule has 10 heteroatoms. The number of thiophene rings is 1. The summed E-state index contributed by atoms with van der Waals surface area (Å²) in [5.41, 5.74) is 4.84. The summed E-state index contributed by atoms with van der Waals surface area (Å²) in [7, 11) is 0. The minimum atomic E-state index is 0.250. The van der Waals surface area contributed by atoms with Crippen molar-refractivity contribution in [2.45, 2.75) is 13.5 Å². The normalized spacial score (nSPS) is 10.6. The van der Waals surface area contributed by atoms with Crippen molar-refractivity contribution in [1.82, 2.24) is 29.7 Å². The van der Waals surface area contributed by atoms with Crippen molar-refractivity contribution < 1.29 is 0 Å². The molecule has 0 spiro atoms. The SMILES string of the molecule is Cc1cscc1CNc1nc(NN)nc(-n2cncn2)n1. The van der Waals surface area contributed by atoms with Crippen LogP contribution in [0.25, 0.3) is 5.95 Å². The number of hydrogen-bond acceptors (Lipinski definition) is 9. The number of nitrogens with zero attached hydrogens (tertiary/aromatic N) is 6. The zero-order chi connectivity index (χ0) is 14.7. The van der Waals surface area contributed by atoms with Gasteiger partial charge in [-0.3, -0.25) is 5.43 Å². The van der Waals surface area contributed by atoms with E-state index >= 15 is 0 Å². The lowest BCUT2D eigenvalue weighted by Gasteiger charge is -2.08. The minimum Gasteiger partial charge on any atom is -0.350 e. The summed E-state index contributed by atoms with van der Waals surface area (Å²) < 4.78 is 1.43. The highest BCUT2D eigenvalue weighted by molar-refractivity contribution is 7.08. The molecular weight excluding hydrogens is 290 g/mol. The van der Waals surface area contributed by atoms with Crippen molar-refractivity contribution in [3.63, 3.8) is 0 Å². The van der Waals surface area contributed by atoms with Gasteiger partial charge < -0.3 is 5.32 Å². The van der Waals surface area contributed by atoms with Crippen LogP contribution in [0.1, 0.15) is 11.1 Å². The maximum absolute atomic E-state index is 5.38. The summed E-state index contributed by atoms with van der Waals surface area (Å²) in [4.78, 5) is 16.4. The highest BCUT2D eigenvalue weighted by atomic mass is 32.1. The van der Waals surface area contributed by atoms with Crippen LogP contribution < -0.4 is 16.6 Å². The van der Waals surface area contributed by atoms with E-state index in [0.717, 1.165) is 0 Å². The molecule has 3 aromatic rings. The molecule has 4 N–H and O–H groups in total. The summed E-state index contributed by atoms with van der Waals surface area (Å²) in [6, 6.07) is 0. The van der Waals surface area contributed by atoms with E-state index in [2.05, 4.69) is 53.5 Å². The van der Waals surface area contributed by atoms with Crippen LogP contribution in [0.15, 0.2) is 23.4 Å². The Bertz CT molecular complexity index is 721. The van der Waals surface area contributed by atoms with Gasteiger partial charge in [0.15, 0.2) is 0 Å². The molecule has 0 radical (unpaired) electrons. The van der Waals surface area contributed by atoms with Crippen molar-refractivity contribution in [3.05, 3.63) is 34.5 Å². The predicted octanol–water partition coefficient (Wildman–Crippen LogP) is 0.720. The van der Waals surface area contributed by atoms with Gasteiger partial charge in [0.1, 0.15) is 12.7 Å². The Hall–Kier alpha value is -2.59. The Morgan fingerprint density at radius 3 is 2.76 bits per heavy atom. The first-order valence-electron chi connectivity index (χ1n) is 6.09. The molecule has 21 heavy (non-hydrogen) atoms. The van der Waals surface area contributed by atoms with Gasteiger partial charge >= 0.3 is 0 Å². The smallest absolute Gasteiger partial charge is 0.258 e. The van der Waals surface area contributed by atoms with Gasteiger partial charge in [-0.05, 0) is 28.8 Å². The number of hydrazine groups is 1. The van der Waals surface area contributed by atoms with Crippen molar-refractivity contribution >= 4 is 23.2 Å². The van der Waals surface area contributed by atoms with Crippen molar-refractivity contribution in [2.75, 3.05) is 10.7 Å². The quantitative estimate of drug-likeness (QED) is 0.466. The lowest BCUT2D eigenvalue weighted by atomic mass is 10.2. The van der Waals surface area contributed by atoms with Gasteiger partial charge in [-0.15, -0.1) is 0 Å². The van der Waals surface area contributed by atoms with Crippen molar-refractivity contribution in [2.24, 2.45) is 5.84 Å². The standard InChI is InChI=1S/C11H13N9S/c1-7-3-21-4-8(7)2-14-9-16-10(19-12)18-11(17-9)20-6-13-5-15-20/h3-6H,2,12H2,1H3,(H2,14,16,17,18,19). The molecule has 0 unspecified atom stereocenters. The number of anilines is 2.